The minimum atomic E-state index is -0.0742. The molecule has 1 aromatic rings. The van der Waals surface area contributed by atoms with Crippen molar-refractivity contribution in [1.82, 2.24) is 0 Å². The number of hydrogen-bond donors (Lipinski definition) is 1. The molecule has 2 rings (SSSR count). The van der Waals surface area contributed by atoms with Crippen LogP contribution in [0.15, 0.2) is 16.8 Å². The molecule has 0 bridgehead atoms. The van der Waals surface area contributed by atoms with E-state index in [4.69, 9.17) is 0 Å². The lowest BCUT2D eigenvalue weighted by Crippen LogP contribution is -2.19. The highest BCUT2D eigenvalue weighted by molar-refractivity contribution is 7.99. The molecule has 1 aliphatic rings. The van der Waals surface area contributed by atoms with E-state index in [0.717, 1.165) is 17.9 Å². The first-order chi connectivity index (χ1) is 5.86. The maximum absolute atomic E-state index is 9.57. The Labute approximate surface area is 80.8 Å². The average molecular weight is 200 g/mol. The fourth-order valence-electron chi connectivity index (χ4n) is 1.49. The number of rotatable bonds is 2. The highest BCUT2D eigenvalue weighted by Crippen LogP contribution is 2.27. The Morgan fingerprint density at radius 2 is 2.42 bits per heavy atom. The first-order valence-corrected chi connectivity index (χ1v) is 6.23. The van der Waals surface area contributed by atoms with Crippen LogP contribution in [0.25, 0.3) is 0 Å². The van der Waals surface area contributed by atoms with Crippen molar-refractivity contribution in [2.75, 3.05) is 11.5 Å². The highest BCUT2D eigenvalue weighted by atomic mass is 32.2. The highest BCUT2D eigenvalue weighted by Gasteiger charge is 2.25. The molecule has 1 N–H and O–H groups in total. The molecule has 1 nitrogen and oxygen atoms in total. The van der Waals surface area contributed by atoms with Crippen LogP contribution in [0.3, 0.4) is 0 Å². The molecule has 66 valence electrons. The largest absolute Gasteiger partial charge is 0.392 e. The summed E-state index contributed by atoms with van der Waals surface area (Å²) in [7, 11) is 0. The predicted molar refractivity (Wildman–Crippen MR) is 54.8 cm³/mol. The van der Waals surface area contributed by atoms with Crippen molar-refractivity contribution in [3.63, 3.8) is 0 Å². The van der Waals surface area contributed by atoms with Crippen molar-refractivity contribution < 1.29 is 5.11 Å². The van der Waals surface area contributed by atoms with Gasteiger partial charge in [-0.2, -0.15) is 23.1 Å². The van der Waals surface area contributed by atoms with E-state index in [0.29, 0.717) is 5.92 Å². The van der Waals surface area contributed by atoms with Gasteiger partial charge in [0.2, 0.25) is 0 Å². The lowest BCUT2D eigenvalue weighted by atomic mass is 9.99. The molecule has 2 atom stereocenters. The molecule has 0 radical (unpaired) electrons. The molecule has 12 heavy (non-hydrogen) atoms. The van der Waals surface area contributed by atoms with Gasteiger partial charge in [0, 0.05) is 5.75 Å². The van der Waals surface area contributed by atoms with Crippen LogP contribution < -0.4 is 0 Å². The van der Waals surface area contributed by atoms with Crippen molar-refractivity contribution in [3.8, 4) is 0 Å². The molecule has 0 aromatic carbocycles. The maximum Gasteiger partial charge on any atom is 0.0669 e. The lowest BCUT2D eigenvalue weighted by molar-refractivity contribution is 0.150. The van der Waals surface area contributed by atoms with E-state index >= 15 is 0 Å². The van der Waals surface area contributed by atoms with Gasteiger partial charge in [-0.15, -0.1) is 0 Å². The summed E-state index contributed by atoms with van der Waals surface area (Å²) in [5.41, 5.74) is 1.38. The Kier molecular flexibility index (Phi) is 2.73. The predicted octanol–water partition coefficient (Wildman–Crippen LogP) is 2.01. The normalized spacial score (nSPS) is 29.4. The number of aliphatic hydroxyl groups excluding tert-OH is 1. The standard InChI is InChI=1S/C9H12OS2/c10-9-6-12-5-8(9)3-7-1-2-11-4-7/h1-2,4,8-10H,3,5-6H2. The topological polar surface area (TPSA) is 20.2 Å². The second-order valence-corrected chi connectivity index (χ2v) is 5.06. The summed E-state index contributed by atoms with van der Waals surface area (Å²) >= 11 is 3.60. The van der Waals surface area contributed by atoms with Crippen LogP contribution in [0.1, 0.15) is 5.56 Å². The minimum Gasteiger partial charge on any atom is -0.392 e. The number of hydrogen-bond acceptors (Lipinski definition) is 3. The summed E-state index contributed by atoms with van der Waals surface area (Å²) in [6, 6.07) is 2.15. The molecule has 0 aliphatic carbocycles. The first kappa shape index (κ1) is 8.60. The van der Waals surface area contributed by atoms with Crippen molar-refractivity contribution >= 4 is 23.1 Å². The third-order valence-electron chi connectivity index (χ3n) is 2.24. The molecule has 1 aliphatic heterocycles. The van der Waals surface area contributed by atoms with Gasteiger partial charge in [-0.1, -0.05) is 0 Å². The molecule has 1 aromatic heterocycles. The summed E-state index contributed by atoms with van der Waals surface area (Å²) < 4.78 is 0. The van der Waals surface area contributed by atoms with Crippen molar-refractivity contribution in [2.24, 2.45) is 5.92 Å². The van der Waals surface area contributed by atoms with Gasteiger partial charge in [0.05, 0.1) is 6.10 Å². The van der Waals surface area contributed by atoms with Crippen LogP contribution in [0.4, 0.5) is 0 Å². The molecule has 1 saturated heterocycles. The molecule has 2 heterocycles. The first-order valence-electron chi connectivity index (χ1n) is 4.13. The van der Waals surface area contributed by atoms with E-state index < -0.39 is 0 Å². The van der Waals surface area contributed by atoms with Crippen molar-refractivity contribution in [2.45, 2.75) is 12.5 Å². The Bertz CT molecular complexity index is 233. The smallest absolute Gasteiger partial charge is 0.0669 e. The van der Waals surface area contributed by atoms with E-state index in [1.54, 1.807) is 11.3 Å². The van der Waals surface area contributed by atoms with E-state index in [-0.39, 0.29) is 6.10 Å². The molecular weight excluding hydrogens is 188 g/mol. The number of aliphatic hydroxyl groups is 1. The Morgan fingerprint density at radius 3 is 3.00 bits per heavy atom. The zero-order chi connectivity index (χ0) is 8.39. The van der Waals surface area contributed by atoms with Gasteiger partial charge >= 0.3 is 0 Å². The molecule has 0 amide bonds. The molecule has 1 fully saturated rings. The fourth-order valence-corrected chi connectivity index (χ4v) is 3.47. The van der Waals surface area contributed by atoms with E-state index in [1.807, 2.05) is 11.8 Å². The monoisotopic (exact) mass is 200 g/mol. The van der Waals surface area contributed by atoms with Crippen LogP contribution in [-0.4, -0.2) is 22.7 Å². The van der Waals surface area contributed by atoms with Gasteiger partial charge in [-0.3, -0.25) is 0 Å². The Hall–Kier alpha value is 0.01000. The van der Waals surface area contributed by atoms with Crippen LogP contribution >= 0.6 is 23.1 Å². The summed E-state index contributed by atoms with van der Waals surface area (Å²) in [4.78, 5) is 0. The zero-order valence-corrected chi connectivity index (χ0v) is 8.40. The average Bonchev–Trinajstić information content (AvgIpc) is 2.65. The summed E-state index contributed by atoms with van der Waals surface area (Å²) in [6.45, 7) is 0. The Morgan fingerprint density at radius 1 is 1.50 bits per heavy atom. The fraction of sp³-hybridized carbons (Fsp3) is 0.556. The number of thiophene rings is 1. The third-order valence-corrected chi connectivity index (χ3v) is 4.22. The van der Waals surface area contributed by atoms with E-state index in [9.17, 15) is 5.11 Å². The summed E-state index contributed by atoms with van der Waals surface area (Å²) in [6.07, 6.45) is 0.979. The van der Waals surface area contributed by atoms with Crippen LogP contribution in [0, 0.1) is 5.92 Å². The number of thioether (sulfide) groups is 1. The third kappa shape index (κ3) is 1.84. The molecular formula is C9H12OS2. The van der Waals surface area contributed by atoms with Gasteiger partial charge in [-0.25, -0.2) is 0 Å². The van der Waals surface area contributed by atoms with Gasteiger partial charge in [-0.05, 0) is 40.5 Å². The van der Waals surface area contributed by atoms with Crippen LogP contribution in [0.2, 0.25) is 0 Å². The van der Waals surface area contributed by atoms with Gasteiger partial charge < -0.3 is 5.11 Å². The zero-order valence-electron chi connectivity index (χ0n) is 6.77. The van der Waals surface area contributed by atoms with Crippen molar-refractivity contribution in [1.29, 1.82) is 0 Å². The second kappa shape index (κ2) is 3.81. The van der Waals surface area contributed by atoms with E-state index in [1.165, 1.54) is 5.56 Å². The second-order valence-electron chi connectivity index (χ2n) is 3.20. The SMILES string of the molecule is OC1CSCC1Cc1ccsc1. The maximum atomic E-state index is 9.57. The van der Waals surface area contributed by atoms with Gasteiger partial charge in [0.1, 0.15) is 0 Å². The molecule has 0 saturated carbocycles. The molecule has 2 unspecified atom stereocenters. The minimum absolute atomic E-state index is 0.0742. The van der Waals surface area contributed by atoms with Gasteiger partial charge in [0.15, 0.2) is 0 Å². The summed E-state index contributed by atoms with van der Waals surface area (Å²) in [5, 5.41) is 13.8. The quantitative estimate of drug-likeness (QED) is 0.788. The summed E-state index contributed by atoms with van der Waals surface area (Å²) in [5.74, 6) is 2.54. The van der Waals surface area contributed by atoms with E-state index in [2.05, 4.69) is 16.8 Å². The molecule has 3 heteroatoms. The Balaban J connectivity index is 1.95. The van der Waals surface area contributed by atoms with Crippen molar-refractivity contribution in [3.05, 3.63) is 22.4 Å². The lowest BCUT2D eigenvalue weighted by Gasteiger charge is -2.11. The van der Waals surface area contributed by atoms with Crippen LogP contribution in [0.5, 0.6) is 0 Å². The van der Waals surface area contributed by atoms with Gasteiger partial charge in [0.25, 0.3) is 0 Å². The molecule has 0 spiro atoms. The van der Waals surface area contributed by atoms with Crippen LogP contribution in [-0.2, 0) is 6.42 Å².